The quantitative estimate of drug-likeness (QED) is 0.0619. The molecule has 0 bridgehead atoms. The molecule has 0 rings (SSSR count). The predicted molar refractivity (Wildman–Crippen MR) is 152 cm³/mol. The normalized spacial score (nSPS) is 11.6. The second-order valence-corrected chi connectivity index (χ2v) is 11.4. The van der Waals surface area contributed by atoms with Gasteiger partial charge in [0.2, 0.25) is 0 Å². The molecule has 0 atom stereocenters. The summed E-state index contributed by atoms with van der Waals surface area (Å²) in [5.74, 6) is 0. The van der Waals surface area contributed by atoms with Crippen molar-refractivity contribution < 1.29 is 18.5 Å². The first-order chi connectivity index (χ1) is 16.1. The van der Waals surface area contributed by atoms with Crippen LogP contribution in [0.3, 0.4) is 0 Å². The molecule has 34 heavy (non-hydrogen) atoms. The molecule has 0 unspecified atom stereocenters. The molecule has 204 valence electrons. The molecule has 1 N–H and O–H groups in total. The van der Waals surface area contributed by atoms with Crippen LogP contribution in [0.15, 0.2) is 0 Å². The van der Waals surface area contributed by atoms with Crippen LogP contribution in [0.5, 0.6) is 0 Å². The van der Waals surface area contributed by atoms with Gasteiger partial charge >= 0.3 is 45.6 Å². The van der Waals surface area contributed by atoms with Crippen molar-refractivity contribution >= 4 is 45.6 Å². The van der Waals surface area contributed by atoms with Crippen molar-refractivity contribution in [3.8, 4) is 0 Å². The molecule has 0 aromatic heterocycles. The molecular formula is C28H61CaO4P. The van der Waals surface area contributed by atoms with Gasteiger partial charge in [-0.2, -0.15) is 0 Å². The van der Waals surface area contributed by atoms with E-state index in [4.69, 9.17) is 9.05 Å². The van der Waals surface area contributed by atoms with Gasteiger partial charge in [-0.1, -0.05) is 155 Å². The molecule has 0 aromatic rings. The summed E-state index contributed by atoms with van der Waals surface area (Å²) >= 11 is 0. The van der Waals surface area contributed by atoms with Gasteiger partial charge in [0.05, 0.1) is 13.2 Å². The zero-order valence-corrected chi connectivity index (χ0v) is 23.4. The molecule has 0 radical (unpaired) electrons. The van der Waals surface area contributed by atoms with Gasteiger partial charge in [0.15, 0.2) is 0 Å². The maximum absolute atomic E-state index is 11.9. The zero-order chi connectivity index (χ0) is 24.3. The fraction of sp³-hybridized carbons (Fsp3) is 1.00. The minimum atomic E-state index is -3.86. The number of rotatable bonds is 28. The van der Waals surface area contributed by atoms with Crippen molar-refractivity contribution in [2.75, 3.05) is 13.2 Å². The van der Waals surface area contributed by atoms with E-state index in [2.05, 4.69) is 13.8 Å². The van der Waals surface area contributed by atoms with Crippen LogP contribution < -0.4 is 0 Å². The van der Waals surface area contributed by atoms with E-state index in [-0.39, 0.29) is 37.7 Å². The molecule has 0 aliphatic carbocycles. The Bertz CT molecular complexity index is 389. The Morgan fingerprint density at radius 2 is 0.647 bits per heavy atom. The predicted octanol–water partition coefficient (Wildman–Crippen LogP) is 9.61. The van der Waals surface area contributed by atoms with Crippen molar-refractivity contribution in [3.63, 3.8) is 0 Å². The second-order valence-electron chi connectivity index (χ2n) is 9.91. The van der Waals surface area contributed by atoms with E-state index >= 15 is 0 Å². The Morgan fingerprint density at radius 3 is 0.882 bits per heavy atom. The molecule has 0 fully saturated rings. The average Bonchev–Trinajstić information content (AvgIpc) is 2.80. The minimum absolute atomic E-state index is 0. The second kappa shape index (κ2) is 30.6. The van der Waals surface area contributed by atoms with Crippen LogP contribution in [-0.2, 0) is 13.6 Å². The van der Waals surface area contributed by atoms with Gasteiger partial charge in [0.25, 0.3) is 0 Å². The molecular weight excluding hydrogens is 471 g/mol. The van der Waals surface area contributed by atoms with Gasteiger partial charge in [0.1, 0.15) is 0 Å². The Labute approximate surface area is 243 Å². The van der Waals surface area contributed by atoms with Crippen molar-refractivity contribution in [3.05, 3.63) is 0 Å². The van der Waals surface area contributed by atoms with E-state index in [1.165, 1.54) is 128 Å². The van der Waals surface area contributed by atoms with Gasteiger partial charge in [-0.3, -0.25) is 9.05 Å². The van der Waals surface area contributed by atoms with E-state index in [9.17, 15) is 9.46 Å². The zero-order valence-electron chi connectivity index (χ0n) is 22.5. The van der Waals surface area contributed by atoms with E-state index in [1.54, 1.807) is 0 Å². The van der Waals surface area contributed by atoms with Gasteiger partial charge in [0, 0.05) is 0 Å². The van der Waals surface area contributed by atoms with Crippen LogP contribution >= 0.6 is 7.82 Å². The summed E-state index contributed by atoms with van der Waals surface area (Å²) in [4.78, 5) is 9.78. The van der Waals surface area contributed by atoms with Crippen LogP contribution in [-0.4, -0.2) is 55.8 Å². The summed E-state index contributed by atoms with van der Waals surface area (Å²) in [6.07, 6.45) is 30.6. The summed E-state index contributed by atoms with van der Waals surface area (Å²) < 4.78 is 22.2. The van der Waals surface area contributed by atoms with E-state index < -0.39 is 7.82 Å². The molecule has 0 aliphatic rings. The third-order valence-corrected chi connectivity index (χ3v) is 7.52. The average molecular weight is 533 g/mol. The van der Waals surface area contributed by atoms with Crippen molar-refractivity contribution in [2.45, 2.75) is 168 Å². The number of phosphoric ester groups is 1. The maximum atomic E-state index is 11.9. The number of hydrogen-bond donors (Lipinski definition) is 1. The summed E-state index contributed by atoms with van der Waals surface area (Å²) in [7, 11) is -3.86. The summed E-state index contributed by atoms with van der Waals surface area (Å²) in [5.41, 5.74) is 0. The summed E-state index contributed by atoms with van der Waals surface area (Å²) in [5, 5.41) is 0. The van der Waals surface area contributed by atoms with E-state index in [0.717, 1.165) is 25.7 Å². The fourth-order valence-electron chi connectivity index (χ4n) is 4.28. The molecule has 6 heteroatoms. The monoisotopic (exact) mass is 532 g/mol. The Balaban J connectivity index is 0. The molecule has 0 aromatic carbocycles. The van der Waals surface area contributed by atoms with E-state index in [0.29, 0.717) is 13.2 Å². The molecule has 4 nitrogen and oxygen atoms in total. The topological polar surface area (TPSA) is 55.8 Å². The first-order valence-electron chi connectivity index (χ1n) is 14.7. The molecule has 0 aliphatic heterocycles. The first kappa shape index (κ1) is 37.5. The third kappa shape index (κ3) is 31.4. The van der Waals surface area contributed by atoms with Gasteiger partial charge < -0.3 is 4.89 Å². The van der Waals surface area contributed by atoms with Gasteiger partial charge in [-0.25, -0.2) is 4.57 Å². The molecule has 0 saturated heterocycles. The van der Waals surface area contributed by atoms with E-state index in [1.807, 2.05) is 0 Å². The molecule has 0 spiro atoms. The summed E-state index contributed by atoms with van der Waals surface area (Å²) in [6, 6.07) is 0. The standard InChI is InChI=1S/C28H59O4P.Ca.2H/c1-3-5-7-9-11-13-15-17-19-21-23-25-27-31-33(29,30)32-28-26-24-22-20-18-16-14-12-10-8-6-4-2;;;/h3-28H2,1-2H3,(H,29,30);;;. The fourth-order valence-corrected chi connectivity index (χ4v) is 5.08. The van der Waals surface area contributed by atoms with Crippen LogP contribution in [0.2, 0.25) is 0 Å². The Hall–Kier alpha value is 1.37. The van der Waals surface area contributed by atoms with Crippen molar-refractivity contribution in [1.82, 2.24) is 0 Å². The van der Waals surface area contributed by atoms with Gasteiger partial charge in [-0.15, -0.1) is 0 Å². The number of phosphoric acid groups is 1. The van der Waals surface area contributed by atoms with Crippen LogP contribution in [0.25, 0.3) is 0 Å². The molecule has 0 saturated carbocycles. The SMILES string of the molecule is CCCCCCCCCCCCCCOP(=O)(O)OCCCCCCCCCCCCCC.[CaH2]. The van der Waals surface area contributed by atoms with Gasteiger partial charge in [-0.05, 0) is 12.8 Å². The molecule has 0 amide bonds. The molecule has 0 heterocycles. The Morgan fingerprint density at radius 1 is 0.441 bits per heavy atom. The van der Waals surface area contributed by atoms with Crippen LogP contribution in [0.1, 0.15) is 168 Å². The van der Waals surface area contributed by atoms with Crippen LogP contribution in [0.4, 0.5) is 0 Å². The van der Waals surface area contributed by atoms with Crippen molar-refractivity contribution in [2.24, 2.45) is 0 Å². The van der Waals surface area contributed by atoms with Crippen LogP contribution in [0, 0.1) is 0 Å². The number of unbranched alkanes of at least 4 members (excludes halogenated alkanes) is 22. The first-order valence-corrected chi connectivity index (χ1v) is 16.2. The third-order valence-electron chi connectivity index (χ3n) is 6.50. The Kier molecular flexibility index (Phi) is 33.8. The summed E-state index contributed by atoms with van der Waals surface area (Å²) in [6.45, 7) is 5.17. The number of hydrogen-bond acceptors (Lipinski definition) is 3. The van der Waals surface area contributed by atoms with Crippen molar-refractivity contribution in [1.29, 1.82) is 0 Å².